The van der Waals surface area contributed by atoms with Gasteiger partial charge in [-0.25, -0.2) is 0 Å². The van der Waals surface area contributed by atoms with E-state index >= 15 is 0 Å². The molecule has 2 aliphatic rings. The first-order valence-electron chi connectivity index (χ1n) is 5.28. The van der Waals surface area contributed by atoms with E-state index in [1.165, 1.54) is 20.0 Å². The molecule has 3 unspecified atom stereocenters. The highest BCUT2D eigenvalue weighted by Crippen LogP contribution is 2.42. The molecule has 3 heteroatoms. The summed E-state index contributed by atoms with van der Waals surface area (Å²) in [4.78, 5) is 10.9. The fourth-order valence-corrected chi connectivity index (χ4v) is 2.41. The van der Waals surface area contributed by atoms with Gasteiger partial charge in [-0.15, -0.1) is 0 Å². The van der Waals surface area contributed by atoms with E-state index in [4.69, 9.17) is 0 Å². The average Bonchev–Trinajstić information content (AvgIpc) is 2.54. The van der Waals surface area contributed by atoms with E-state index in [1.54, 1.807) is 0 Å². The Hall–Kier alpha value is -0.830. The van der Waals surface area contributed by atoms with Crippen LogP contribution in [-0.2, 0) is 9.53 Å². The minimum atomic E-state index is -0.129. The minimum Gasteiger partial charge on any atom is -0.469 e. The summed E-state index contributed by atoms with van der Waals surface area (Å²) in [5, 5.41) is 3.40. The monoisotopic (exact) mass is 195 g/mol. The van der Waals surface area contributed by atoms with Crippen molar-refractivity contribution >= 4 is 5.97 Å². The number of carbonyl (C=O) groups excluding carboxylic acids is 1. The van der Waals surface area contributed by atoms with Gasteiger partial charge in [-0.3, -0.25) is 4.79 Å². The summed E-state index contributed by atoms with van der Waals surface area (Å²) in [6.45, 7) is 0.744. The van der Waals surface area contributed by atoms with Crippen molar-refractivity contribution in [3.05, 3.63) is 12.2 Å². The zero-order chi connectivity index (χ0) is 9.97. The molecule has 0 spiro atoms. The van der Waals surface area contributed by atoms with Crippen LogP contribution in [0.4, 0.5) is 0 Å². The third kappa shape index (κ3) is 1.82. The van der Waals surface area contributed by atoms with E-state index in [0.29, 0.717) is 12.5 Å². The Morgan fingerprint density at radius 2 is 2.50 bits per heavy atom. The van der Waals surface area contributed by atoms with E-state index < -0.39 is 0 Å². The lowest BCUT2D eigenvalue weighted by Crippen LogP contribution is -2.48. The maximum absolute atomic E-state index is 10.9. The normalized spacial score (nSPS) is 33.6. The highest BCUT2D eigenvalue weighted by molar-refractivity contribution is 5.69. The summed E-state index contributed by atoms with van der Waals surface area (Å²) in [5.74, 6) is 1.48. The van der Waals surface area contributed by atoms with Gasteiger partial charge >= 0.3 is 5.97 Å². The van der Waals surface area contributed by atoms with Crippen molar-refractivity contribution < 1.29 is 9.53 Å². The summed E-state index contributed by atoms with van der Waals surface area (Å²) in [6.07, 6.45) is 7.58. The van der Waals surface area contributed by atoms with Crippen molar-refractivity contribution in [2.45, 2.75) is 25.3 Å². The smallest absolute Gasteiger partial charge is 0.306 e. The molecule has 0 aromatic rings. The molecule has 0 radical (unpaired) electrons. The predicted octanol–water partition coefficient (Wildman–Crippen LogP) is 1.10. The highest BCUT2D eigenvalue weighted by Gasteiger charge is 2.40. The first-order chi connectivity index (χ1) is 6.81. The van der Waals surface area contributed by atoms with Gasteiger partial charge in [0.15, 0.2) is 0 Å². The first-order valence-corrected chi connectivity index (χ1v) is 5.28. The second kappa shape index (κ2) is 4.13. The largest absolute Gasteiger partial charge is 0.469 e. The van der Waals surface area contributed by atoms with Gasteiger partial charge in [0.05, 0.1) is 13.5 Å². The maximum atomic E-state index is 10.9. The van der Waals surface area contributed by atoms with Gasteiger partial charge in [-0.05, 0) is 24.7 Å². The Kier molecular flexibility index (Phi) is 2.87. The number of carbonyl (C=O) groups is 1. The number of methoxy groups -OCH3 is 1. The van der Waals surface area contributed by atoms with Gasteiger partial charge in [-0.1, -0.05) is 12.2 Å². The summed E-state index contributed by atoms with van der Waals surface area (Å²) >= 11 is 0. The lowest BCUT2D eigenvalue weighted by molar-refractivity contribution is -0.140. The molecule has 0 bridgehead atoms. The zero-order valence-corrected chi connectivity index (χ0v) is 8.53. The van der Waals surface area contributed by atoms with E-state index in [-0.39, 0.29) is 5.97 Å². The van der Waals surface area contributed by atoms with Crippen LogP contribution in [0, 0.1) is 11.8 Å². The Morgan fingerprint density at radius 1 is 1.64 bits per heavy atom. The van der Waals surface area contributed by atoms with Crippen molar-refractivity contribution in [2.75, 3.05) is 13.7 Å². The van der Waals surface area contributed by atoms with Crippen LogP contribution >= 0.6 is 0 Å². The van der Waals surface area contributed by atoms with Crippen LogP contribution in [0.3, 0.4) is 0 Å². The van der Waals surface area contributed by atoms with Gasteiger partial charge in [0.1, 0.15) is 0 Å². The van der Waals surface area contributed by atoms with Crippen LogP contribution < -0.4 is 5.32 Å². The van der Waals surface area contributed by atoms with Crippen molar-refractivity contribution in [2.24, 2.45) is 11.8 Å². The van der Waals surface area contributed by atoms with Crippen LogP contribution in [0.15, 0.2) is 12.2 Å². The van der Waals surface area contributed by atoms with E-state index in [1.807, 2.05) is 0 Å². The molecule has 2 aliphatic carbocycles. The van der Waals surface area contributed by atoms with E-state index in [9.17, 15) is 4.79 Å². The first kappa shape index (κ1) is 9.71. The van der Waals surface area contributed by atoms with Crippen molar-refractivity contribution in [1.82, 2.24) is 5.32 Å². The Bertz CT molecular complexity index is 250. The molecule has 3 atom stereocenters. The van der Waals surface area contributed by atoms with Crippen LogP contribution in [0.25, 0.3) is 0 Å². The molecule has 0 aromatic carbocycles. The fraction of sp³-hybridized carbons (Fsp3) is 0.727. The zero-order valence-electron chi connectivity index (χ0n) is 8.53. The molecule has 1 saturated carbocycles. The molecule has 14 heavy (non-hydrogen) atoms. The van der Waals surface area contributed by atoms with Crippen molar-refractivity contribution in [3.63, 3.8) is 0 Å². The minimum absolute atomic E-state index is 0.129. The number of esters is 1. The molecule has 0 aliphatic heterocycles. The Morgan fingerprint density at radius 3 is 3.21 bits per heavy atom. The van der Waals surface area contributed by atoms with Crippen LogP contribution in [-0.4, -0.2) is 25.7 Å². The lowest BCUT2D eigenvalue weighted by atomic mass is 9.71. The Balaban J connectivity index is 1.63. The number of allylic oxidation sites excluding steroid dienone is 1. The number of hydrogen-bond donors (Lipinski definition) is 1. The van der Waals surface area contributed by atoms with Crippen molar-refractivity contribution in [1.29, 1.82) is 0 Å². The molecule has 1 fully saturated rings. The van der Waals surface area contributed by atoms with Crippen LogP contribution in [0.5, 0.6) is 0 Å². The summed E-state index contributed by atoms with van der Waals surface area (Å²) in [5.41, 5.74) is 0. The van der Waals surface area contributed by atoms with Gasteiger partial charge in [0, 0.05) is 12.6 Å². The van der Waals surface area contributed by atoms with Gasteiger partial charge in [-0.2, -0.15) is 0 Å². The third-order valence-corrected chi connectivity index (χ3v) is 3.33. The highest BCUT2D eigenvalue weighted by atomic mass is 16.5. The fourth-order valence-electron chi connectivity index (χ4n) is 2.41. The van der Waals surface area contributed by atoms with Gasteiger partial charge in [0.25, 0.3) is 0 Å². The number of fused-ring (bicyclic) bond motifs is 1. The number of rotatable bonds is 4. The second-order valence-electron chi connectivity index (χ2n) is 4.12. The predicted molar refractivity (Wildman–Crippen MR) is 53.8 cm³/mol. The molecule has 0 aromatic heterocycles. The molecule has 3 nitrogen and oxygen atoms in total. The maximum Gasteiger partial charge on any atom is 0.306 e. The summed E-state index contributed by atoms with van der Waals surface area (Å²) in [7, 11) is 1.43. The number of hydrogen-bond acceptors (Lipinski definition) is 3. The molecular formula is C11H17NO2. The molecule has 0 amide bonds. The van der Waals surface area contributed by atoms with E-state index in [2.05, 4.69) is 22.2 Å². The second-order valence-corrected chi connectivity index (χ2v) is 4.12. The van der Waals surface area contributed by atoms with Gasteiger partial charge < -0.3 is 10.1 Å². The quantitative estimate of drug-likeness (QED) is 0.539. The third-order valence-electron chi connectivity index (χ3n) is 3.33. The lowest BCUT2D eigenvalue weighted by Gasteiger charge is -2.40. The molecule has 78 valence electrons. The summed E-state index contributed by atoms with van der Waals surface area (Å²) in [6, 6.07) is 0.600. The molecule has 2 rings (SSSR count). The number of nitrogens with one attached hydrogen (secondary N) is 1. The molecule has 0 saturated heterocycles. The standard InChI is InChI=1S/C11H17NO2/c1-14-11(13)5-6-12-10-7-8-3-2-4-9(8)10/h2,4,8-10,12H,3,5-7H2,1H3. The molecular weight excluding hydrogens is 178 g/mol. The topological polar surface area (TPSA) is 38.3 Å². The summed E-state index contributed by atoms with van der Waals surface area (Å²) < 4.78 is 4.58. The van der Waals surface area contributed by atoms with Gasteiger partial charge in [0.2, 0.25) is 0 Å². The average molecular weight is 195 g/mol. The SMILES string of the molecule is COC(=O)CCNC1CC2CC=CC21. The van der Waals surface area contributed by atoms with Crippen LogP contribution in [0.2, 0.25) is 0 Å². The van der Waals surface area contributed by atoms with Crippen molar-refractivity contribution in [3.8, 4) is 0 Å². The van der Waals surface area contributed by atoms with E-state index in [0.717, 1.165) is 18.4 Å². The number of ether oxygens (including phenoxy) is 1. The van der Waals surface area contributed by atoms with Crippen LogP contribution in [0.1, 0.15) is 19.3 Å². The molecule has 1 N–H and O–H groups in total. The Labute approximate surface area is 84.5 Å². The molecule has 0 heterocycles.